The smallest absolute Gasteiger partial charge is 0.145 e. The molecule has 2 aliphatic rings. The summed E-state index contributed by atoms with van der Waals surface area (Å²) in [5.74, 6) is -0.125. The Bertz CT molecular complexity index is 1010. The van der Waals surface area contributed by atoms with Crippen LogP contribution in [0.25, 0.3) is 0 Å². The normalized spacial score (nSPS) is 22.9. The van der Waals surface area contributed by atoms with Gasteiger partial charge in [-0.3, -0.25) is 4.79 Å². The lowest BCUT2D eigenvalue weighted by Gasteiger charge is -2.35. The molecule has 3 nitrogen and oxygen atoms in total. The quantitative estimate of drug-likeness (QED) is 0.545. The third-order valence-corrected chi connectivity index (χ3v) is 6.28. The lowest BCUT2D eigenvalue weighted by atomic mass is 9.72. The molecule has 2 atom stereocenters. The van der Waals surface area contributed by atoms with Gasteiger partial charge in [-0.1, -0.05) is 49.2 Å². The molecule has 2 aromatic rings. The first kappa shape index (κ1) is 19.4. The lowest BCUT2D eigenvalue weighted by molar-refractivity contribution is -0.124. The van der Waals surface area contributed by atoms with Crippen molar-refractivity contribution < 1.29 is 4.79 Å². The van der Waals surface area contributed by atoms with E-state index in [2.05, 4.69) is 56.5 Å². The van der Waals surface area contributed by atoms with E-state index in [1.807, 2.05) is 12.1 Å². The molecule has 0 unspecified atom stereocenters. The van der Waals surface area contributed by atoms with Crippen molar-refractivity contribution in [3.63, 3.8) is 0 Å². The van der Waals surface area contributed by atoms with E-state index in [4.69, 9.17) is 23.2 Å². The van der Waals surface area contributed by atoms with Crippen molar-refractivity contribution in [3.05, 3.63) is 68.8 Å². The number of hydrogen-bond donors (Lipinski definition) is 2. The number of halogens is 2. The van der Waals surface area contributed by atoms with Crippen LogP contribution in [0.2, 0.25) is 10.0 Å². The number of allylic oxidation sites excluding steroid dienone is 1. The summed E-state index contributed by atoms with van der Waals surface area (Å²) in [5.41, 5.74) is 5.98. The maximum atomic E-state index is 13.3. The molecule has 28 heavy (non-hydrogen) atoms. The summed E-state index contributed by atoms with van der Waals surface area (Å²) in [6, 6.07) is 9.47. The van der Waals surface area contributed by atoms with Crippen LogP contribution in [0.1, 0.15) is 43.0 Å². The summed E-state index contributed by atoms with van der Waals surface area (Å²) in [6.07, 6.45) is 2.70. The largest absolute Gasteiger partial charge is 0.375 e. The molecular weight excluding hydrogens is 391 g/mol. The molecule has 0 radical (unpaired) electrons. The van der Waals surface area contributed by atoms with Gasteiger partial charge in [-0.05, 0) is 60.2 Å². The Morgan fingerprint density at radius 2 is 1.71 bits per heavy atom. The van der Waals surface area contributed by atoms with Crippen molar-refractivity contribution in [2.24, 2.45) is 11.3 Å². The van der Waals surface area contributed by atoms with Crippen LogP contribution in [-0.2, 0) is 4.79 Å². The van der Waals surface area contributed by atoms with E-state index in [-0.39, 0.29) is 23.2 Å². The highest BCUT2D eigenvalue weighted by Crippen LogP contribution is 2.47. The predicted octanol–water partition coefficient (Wildman–Crippen LogP) is 6.69. The molecule has 1 aliphatic carbocycles. The zero-order chi connectivity index (χ0) is 20.2. The summed E-state index contributed by atoms with van der Waals surface area (Å²) >= 11 is 12.7. The minimum atomic E-state index is -0.334. The second-order valence-corrected chi connectivity index (χ2v) is 9.45. The number of carbonyl (C=O) groups excluding carboxylic acids is 1. The number of hydrogen-bond acceptors (Lipinski definition) is 3. The minimum Gasteiger partial charge on any atom is -0.375 e. The van der Waals surface area contributed by atoms with Gasteiger partial charge in [0.15, 0.2) is 0 Å². The number of Topliss-reactive ketones (excluding diaryl/α,β-unsaturated/α-hetero) is 1. The molecule has 2 aromatic carbocycles. The van der Waals surface area contributed by atoms with Crippen LogP contribution in [0.4, 0.5) is 11.4 Å². The summed E-state index contributed by atoms with van der Waals surface area (Å²) < 4.78 is 0. The molecule has 0 spiro atoms. The second-order valence-electron chi connectivity index (χ2n) is 8.60. The van der Waals surface area contributed by atoms with Gasteiger partial charge in [0.25, 0.3) is 0 Å². The standard InChI is InChI=1S/C23H24Cl2N2O/c1-12-7-17-18(8-13(12)2)27-22(15-6-5-14(24)9-16(15)25)21-19(26-17)10-23(3,4)11-20(21)28/h5-10,21-22,26-27H,11H2,1-4H3/t21-,22-/m0/s1. The number of benzene rings is 2. The van der Waals surface area contributed by atoms with Gasteiger partial charge in [0.1, 0.15) is 5.78 Å². The van der Waals surface area contributed by atoms with Crippen molar-refractivity contribution in [1.82, 2.24) is 0 Å². The van der Waals surface area contributed by atoms with E-state index in [1.54, 1.807) is 6.07 Å². The highest BCUT2D eigenvalue weighted by molar-refractivity contribution is 6.35. The maximum Gasteiger partial charge on any atom is 0.145 e. The molecule has 2 N–H and O–H groups in total. The van der Waals surface area contributed by atoms with Crippen LogP contribution in [0.3, 0.4) is 0 Å². The number of ketones is 1. The molecule has 0 saturated heterocycles. The summed E-state index contributed by atoms with van der Waals surface area (Å²) in [6.45, 7) is 8.38. The van der Waals surface area contributed by atoms with Gasteiger partial charge in [-0.25, -0.2) is 0 Å². The molecule has 146 valence electrons. The Morgan fingerprint density at radius 1 is 1.04 bits per heavy atom. The Morgan fingerprint density at radius 3 is 2.39 bits per heavy atom. The van der Waals surface area contributed by atoms with Crippen LogP contribution >= 0.6 is 23.2 Å². The van der Waals surface area contributed by atoms with Gasteiger partial charge in [-0.15, -0.1) is 0 Å². The van der Waals surface area contributed by atoms with Crippen molar-refractivity contribution in [2.45, 2.75) is 40.2 Å². The van der Waals surface area contributed by atoms with Crippen molar-refractivity contribution in [3.8, 4) is 0 Å². The first-order valence-electron chi connectivity index (χ1n) is 9.50. The Labute approximate surface area is 176 Å². The fourth-order valence-electron chi connectivity index (χ4n) is 4.23. The number of anilines is 2. The average molecular weight is 415 g/mol. The molecule has 0 amide bonds. The Balaban J connectivity index is 1.92. The minimum absolute atomic E-state index is 0.186. The fraction of sp³-hybridized carbons (Fsp3) is 0.348. The molecular formula is C23H24Cl2N2O. The van der Waals surface area contributed by atoms with Gasteiger partial charge in [0, 0.05) is 22.2 Å². The predicted molar refractivity (Wildman–Crippen MR) is 117 cm³/mol. The maximum absolute atomic E-state index is 13.3. The second kappa shape index (κ2) is 6.82. The third kappa shape index (κ3) is 3.42. The van der Waals surface area contributed by atoms with E-state index in [0.29, 0.717) is 16.5 Å². The molecule has 1 heterocycles. The Kier molecular flexibility index (Phi) is 4.71. The molecule has 0 fully saturated rings. The van der Waals surface area contributed by atoms with Crippen LogP contribution in [-0.4, -0.2) is 5.78 Å². The highest BCUT2D eigenvalue weighted by atomic mass is 35.5. The average Bonchev–Trinajstić information content (AvgIpc) is 2.71. The summed E-state index contributed by atoms with van der Waals surface area (Å²) in [4.78, 5) is 13.3. The lowest BCUT2D eigenvalue weighted by Crippen LogP contribution is -2.36. The zero-order valence-corrected chi connectivity index (χ0v) is 18.0. The SMILES string of the molecule is Cc1cc2c(cc1C)N[C@@H](c1ccc(Cl)cc1Cl)[C@@H]1C(=O)CC(C)(C)C=C1N2. The van der Waals surface area contributed by atoms with E-state index < -0.39 is 0 Å². The number of rotatable bonds is 1. The van der Waals surface area contributed by atoms with Gasteiger partial charge in [-0.2, -0.15) is 0 Å². The van der Waals surface area contributed by atoms with Crippen LogP contribution in [0.5, 0.6) is 0 Å². The molecule has 5 heteroatoms. The monoisotopic (exact) mass is 414 g/mol. The summed E-state index contributed by atoms with van der Waals surface area (Å²) in [5, 5.41) is 8.31. The molecule has 0 bridgehead atoms. The van der Waals surface area contributed by atoms with Gasteiger partial charge in [0.05, 0.1) is 23.3 Å². The topological polar surface area (TPSA) is 41.1 Å². The summed E-state index contributed by atoms with van der Waals surface area (Å²) in [7, 11) is 0. The third-order valence-electron chi connectivity index (χ3n) is 5.71. The van der Waals surface area contributed by atoms with Crippen LogP contribution in [0.15, 0.2) is 42.1 Å². The molecule has 0 saturated carbocycles. The molecule has 0 aromatic heterocycles. The first-order chi connectivity index (χ1) is 13.1. The van der Waals surface area contributed by atoms with Crippen molar-refractivity contribution in [2.75, 3.05) is 10.6 Å². The molecule has 4 rings (SSSR count). The van der Waals surface area contributed by atoms with Gasteiger partial charge >= 0.3 is 0 Å². The van der Waals surface area contributed by atoms with E-state index in [9.17, 15) is 4.79 Å². The van der Waals surface area contributed by atoms with E-state index in [1.165, 1.54) is 11.1 Å². The van der Waals surface area contributed by atoms with E-state index >= 15 is 0 Å². The number of fused-ring (bicyclic) bond motifs is 2. The Hall–Kier alpha value is -1.97. The number of aryl methyl sites for hydroxylation is 2. The fourth-order valence-corrected chi connectivity index (χ4v) is 4.76. The zero-order valence-electron chi connectivity index (χ0n) is 16.5. The van der Waals surface area contributed by atoms with Crippen molar-refractivity contribution in [1.29, 1.82) is 0 Å². The van der Waals surface area contributed by atoms with Gasteiger partial charge < -0.3 is 10.6 Å². The molecule has 1 aliphatic heterocycles. The first-order valence-corrected chi connectivity index (χ1v) is 10.3. The van der Waals surface area contributed by atoms with Crippen molar-refractivity contribution >= 4 is 40.4 Å². The highest BCUT2D eigenvalue weighted by Gasteiger charge is 2.42. The number of nitrogens with one attached hydrogen (secondary N) is 2. The van der Waals surface area contributed by atoms with Gasteiger partial charge in [0.2, 0.25) is 0 Å². The number of carbonyl (C=O) groups is 1. The van der Waals surface area contributed by atoms with E-state index in [0.717, 1.165) is 22.6 Å². The van der Waals surface area contributed by atoms with Crippen LogP contribution in [0, 0.1) is 25.2 Å². The van der Waals surface area contributed by atoms with Crippen LogP contribution < -0.4 is 10.6 Å².